The van der Waals surface area contributed by atoms with Gasteiger partial charge in [-0.2, -0.15) is 4.31 Å². The second-order valence-corrected chi connectivity index (χ2v) is 9.21. The number of sulfonamides is 1. The van der Waals surface area contributed by atoms with Gasteiger partial charge in [0.15, 0.2) is 12.4 Å². The molecule has 160 valence electrons. The minimum Gasteiger partial charge on any atom is -0.495 e. The van der Waals surface area contributed by atoms with Crippen LogP contribution in [0, 0.1) is 0 Å². The Morgan fingerprint density at radius 1 is 1.10 bits per heavy atom. The molecule has 10 heteroatoms. The van der Waals surface area contributed by atoms with E-state index in [2.05, 4.69) is 15.9 Å². The zero-order chi connectivity index (χ0) is 21.7. The number of benzene rings is 2. The molecular weight excluding hydrogens is 478 g/mol. The summed E-state index contributed by atoms with van der Waals surface area (Å²) in [6.07, 6.45) is 0. The third-order valence-corrected chi connectivity index (χ3v) is 6.88. The molecule has 0 N–H and O–H groups in total. The third kappa shape index (κ3) is 5.07. The van der Waals surface area contributed by atoms with Crippen LogP contribution in [-0.4, -0.2) is 64.5 Å². The van der Waals surface area contributed by atoms with Gasteiger partial charge in [0.1, 0.15) is 10.6 Å². The molecule has 1 aliphatic rings. The highest BCUT2D eigenvalue weighted by Crippen LogP contribution is 2.28. The van der Waals surface area contributed by atoms with Gasteiger partial charge in [-0.25, -0.2) is 13.2 Å². The third-order valence-electron chi connectivity index (χ3n) is 4.47. The number of nitrogens with zero attached hydrogens (tertiary/aromatic N) is 1. The van der Waals surface area contributed by atoms with Crippen molar-refractivity contribution in [3.8, 4) is 5.75 Å². The zero-order valence-electron chi connectivity index (χ0n) is 16.2. The van der Waals surface area contributed by atoms with Crippen LogP contribution in [0.3, 0.4) is 0 Å². The van der Waals surface area contributed by atoms with Crippen molar-refractivity contribution in [2.24, 2.45) is 0 Å². The molecule has 1 heterocycles. The van der Waals surface area contributed by atoms with E-state index < -0.39 is 22.6 Å². The Hall–Kier alpha value is -2.27. The van der Waals surface area contributed by atoms with E-state index in [-0.39, 0.29) is 35.1 Å². The number of rotatable bonds is 7. The molecule has 0 aromatic heterocycles. The van der Waals surface area contributed by atoms with Crippen LogP contribution in [0.5, 0.6) is 5.75 Å². The van der Waals surface area contributed by atoms with Crippen molar-refractivity contribution in [1.82, 2.24) is 4.31 Å². The van der Waals surface area contributed by atoms with Crippen molar-refractivity contribution in [2.45, 2.75) is 4.90 Å². The average molecular weight is 498 g/mol. The second kappa shape index (κ2) is 9.69. The first kappa shape index (κ1) is 22.4. The molecule has 2 aromatic rings. The molecule has 0 atom stereocenters. The molecule has 2 aromatic carbocycles. The fraction of sp³-hybridized carbons (Fsp3) is 0.300. The lowest BCUT2D eigenvalue weighted by Gasteiger charge is -2.26. The van der Waals surface area contributed by atoms with Gasteiger partial charge in [0, 0.05) is 23.1 Å². The lowest BCUT2D eigenvalue weighted by molar-refractivity contribution is 0.0474. The first-order chi connectivity index (χ1) is 14.3. The van der Waals surface area contributed by atoms with Gasteiger partial charge in [-0.3, -0.25) is 4.79 Å². The standard InChI is InChI=1S/C20H20BrNO7S/c1-27-18-6-5-15(12-19(18)30(25,26)22-7-9-28-10-8-22)20(24)29-13-17(23)14-3-2-4-16(21)11-14/h2-6,11-12H,7-10,13H2,1H3. The monoisotopic (exact) mass is 497 g/mol. The summed E-state index contributed by atoms with van der Waals surface area (Å²) < 4.78 is 43.5. The predicted octanol–water partition coefficient (Wildman–Crippen LogP) is 2.52. The Labute approximate surface area is 182 Å². The molecule has 0 aliphatic carbocycles. The lowest BCUT2D eigenvalue weighted by Crippen LogP contribution is -2.40. The molecule has 0 spiro atoms. The number of halogens is 1. The number of hydrogen-bond acceptors (Lipinski definition) is 7. The predicted molar refractivity (Wildman–Crippen MR) is 111 cm³/mol. The van der Waals surface area contributed by atoms with E-state index in [0.717, 1.165) is 4.47 Å². The van der Waals surface area contributed by atoms with Gasteiger partial charge < -0.3 is 14.2 Å². The van der Waals surface area contributed by atoms with Gasteiger partial charge in [0.2, 0.25) is 10.0 Å². The Bertz CT molecular complexity index is 1050. The highest BCUT2D eigenvalue weighted by atomic mass is 79.9. The first-order valence-corrected chi connectivity index (χ1v) is 11.3. The quantitative estimate of drug-likeness (QED) is 0.427. The maximum absolute atomic E-state index is 13.0. The van der Waals surface area contributed by atoms with Gasteiger partial charge in [-0.15, -0.1) is 0 Å². The molecule has 1 aliphatic heterocycles. The minimum absolute atomic E-state index is 0.00433. The molecule has 0 radical (unpaired) electrons. The van der Waals surface area contributed by atoms with Gasteiger partial charge in [0.05, 0.1) is 25.9 Å². The first-order valence-electron chi connectivity index (χ1n) is 9.05. The maximum atomic E-state index is 13.0. The van der Waals surface area contributed by atoms with E-state index in [1.54, 1.807) is 24.3 Å². The Morgan fingerprint density at radius 3 is 2.50 bits per heavy atom. The summed E-state index contributed by atoms with van der Waals surface area (Å²) in [5, 5.41) is 0. The van der Waals surface area contributed by atoms with Gasteiger partial charge in [-0.05, 0) is 30.3 Å². The van der Waals surface area contributed by atoms with Crippen LogP contribution >= 0.6 is 15.9 Å². The number of ether oxygens (including phenoxy) is 3. The van der Waals surface area contributed by atoms with Crippen molar-refractivity contribution >= 4 is 37.7 Å². The Morgan fingerprint density at radius 2 is 1.83 bits per heavy atom. The normalized spacial score (nSPS) is 14.9. The molecule has 8 nitrogen and oxygen atoms in total. The number of carbonyl (C=O) groups excluding carboxylic acids is 2. The molecule has 30 heavy (non-hydrogen) atoms. The fourth-order valence-electron chi connectivity index (χ4n) is 2.89. The molecule has 1 fully saturated rings. The van der Waals surface area contributed by atoms with Crippen molar-refractivity contribution in [3.63, 3.8) is 0 Å². The van der Waals surface area contributed by atoms with E-state index in [0.29, 0.717) is 18.8 Å². The average Bonchev–Trinajstić information content (AvgIpc) is 2.77. The summed E-state index contributed by atoms with van der Waals surface area (Å²) in [6, 6.07) is 10.7. The van der Waals surface area contributed by atoms with Crippen molar-refractivity contribution in [3.05, 3.63) is 58.1 Å². The van der Waals surface area contributed by atoms with Crippen LogP contribution in [0.4, 0.5) is 0 Å². The summed E-state index contributed by atoms with van der Waals surface area (Å²) in [5.74, 6) is -1.07. The number of morpholine rings is 1. The van der Waals surface area contributed by atoms with Crippen LogP contribution in [-0.2, 0) is 19.5 Å². The van der Waals surface area contributed by atoms with Gasteiger partial charge in [0.25, 0.3) is 0 Å². The van der Waals surface area contributed by atoms with E-state index in [1.165, 1.54) is 29.6 Å². The maximum Gasteiger partial charge on any atom is 0.338 e. The topological polar surface area (TPSA) is 99.2 Å². The number of carbonyl (C=O) groups is 2. The number of Topliss-reactive ketones (excluding diaryl/α,β-unsaturated/α-hetero) is 1. The SMILES string of the molecule is COc1ccc(C(=O)OCC(=O)c2cccc(Br)c2)cc1S(=O)(=O)N1CCOCC1. The molecule has 1 saturated heterocycles. The van der Waals surface area contributed by atoms with E-state index >= 15 is 0 Å². The summed E-state index contributed by atoms with van der Waals surface area (Å²) >= 11 is 3.28. The van der Waals surface area contributed by atoms with E-state index in [4.69, 9.17) is 14.2 Å². The van der Waals surface area contributed by atoms with Gasteiger partial charge in [-0.1, -0.05) is 28.1 Å². The smallest absolute Gasteiger partial charge is 0.338 e. The number of methoxy groups -OCH3 is 1. The van der Waals surface area contributed by atoms with Crippen molar-refractivity contribution in [2.75, 3.05) is 40.0 Å². The Balaban J connectivity index is 1.78. The lowest BCUT2D eigenvalue weighted by atomic mass is 10.1. The molecular formula is C20H20BrNO7S. The van der Waals surface area contributed by atoms with Crippen molar-refractivity contribution < 1.29 is 32.2 Å². The molecule has 0 saturated carbocycles. The number of ketones is 1. The van der Waals surface area contributed by atoms with E-state index in [9.17, 15) is 18.0 Å². The summed E-state index contributed by atoms with van der Waals surface area (Å²) in [7, 11) is -2.54. The highest BCUT2D eigenvalue weighted by molar-refractivity contribution is 9.10. The summed E-state index contributed by atoms with van der Waals surface area (Å²) in [6.45, 7) is 0.539. The largest absolute Gasteiger partial charge is 0.495 e. The molecule has 0 unspecified atom stereocenters. The number of hydrogen-bond donors (Lipinski definition) is 0. The van der Waals surface area contributed by atoms with Crippen LogP contribution in [0.1, 0.15) is 20.7 Å². The van der Waals surface area contributed by atoms with E-state index in [1.807, 2.05) is 0 Å². The summed E-state index contributed by atoms with van der Waals surface area (Å²) in [4.78, 5) is 24.5. The highest BCUT2D eigenvalue weighted by Gasteiger charge is 2.30. The molecule has 0 bridgehead atoms. The van der Waals surface area contributed by atoms with Crippen LogP contribution in [0.2, 0.25) is 0 Å². The zero-order valence-corrected chi connectivity index (χ0v) is 18.6. The van der Waals surface area contributed by atoms with Crippen LogP contribution < -0.4 is 4.74 Å². The van der Waals surface area contributed by atoms with Crippen LogP contribution in [0.15, 0.2) is 51.8 Å². The van der Waals surface area contributed by atoms with Crippen molar-refractivity contribution in [1.29, 1.82) is 0 Å². The number of esters is 1. The Kier molecular flexibility index (Phi) is 7.24. The van der Waals surface area contributed by atoms with Gasteiger partial charge >= 0.3 is 5.97 Å². The fourth-order valence-corrected chi connectivity index (χ4v) is 4.88. The molecule has 3 rings (SSSR count). The minimum atomic E-state index is -3.89. The summed E-state index contributed by atoms with van der Waals surface area (Å²) in [5.41, 5.74) is 0.396. The second-order valence-electron chi connectivity index (χ2n) is 6.39. The molecule has 0 amide bonds. The van der Waals surface area contributed by atoms with Crippen LogP contribution in [0.25, 0.3) is 0 Å².